The van der Waals surface area contributed by atoms with Crippen LogP contribution in [0, 0.1) is 0 Å². The van der Waals surface area contributed by atoms with E-state index >= 15 is 0 Å². The van der Waals surface area contributed by atoms with Crippen molar-refractivity contribution in [1.29, 1.82) is 0 Å². The zero-order valence-corrected chi connectivity index (χ0v) is 11.9. The number of aliphatic hydroxyl groups excluding tert-OH is 1. The number of carbonyl (C=O) groups excluding carboxylic acids is 1. The Morgan fingerprint density at radius 3 is 2.67 bits per heavy atom. The fourth-order valence-electron chi connectivity index (χ4n) is 1.94. The van der Waals surface area contributed by atoms with Crippen LogP contribution in [-0.4, -0.2) is 38.0 Å². The first-order valence-corrected chi connectivity index (χ1v) is 6.70. The molecule has 0 saturated carbocycles. The van der Waals surface area contributed by atoms with Crippen LogP contribution in [0.2, 0.25) is 0 Å². The van der Waals surface area contributed by atoms with Crippen LogP contribution < -0.4 is 5.73 Å². The molecule has 0 bridgehead atoms. The van der Waals surface area contributed by atoms with Crippen molar-refractivity contribution in [3.63, 3.8) is 0 Å². The first-order chi connectivity index (χ1) is 9.94. The number of ketones is 1. The Balaban J connectivity index is 2.15. The van der Waals surface area contributed by atoms with Crippen LogP contribution in [0.4, 0.5) is 5.82 Å². The summed E-state index contributed by atoms with van der Waals surface area (Å²) in [7, 11) is 0. The minimum Gasteiger partial charge on any atom is -0.393 e. The maximum absolute atomic E-state index is 12.1. The van der Waals surface area contributed by atoms with Crippen molar-refractivity contribution >= 4 is 11.6 Å². The number of Topliss-reactive ketones (excluding diaryl/α,β-unsaturated/α-hetero) is 1. The number of rotatable bonds is 6. The molecule has 1 heterocycles. The molecule has 2 aromatic rings. The molecule has 112 valence electrons. The summed E-state index contributed by atoms with van der Waals surface area (Å²) in [6.07, 6.45) is 1.69. The predicted octanol–water partition coefficient (Wildman–Crippen LogP) is 1.16. The number of benzene rings is 1. The van der Waals surface area contributed by atoms with Crippen LogP contribution in [0.3, 0.4) is 0 Å². The molecule has 1 unspecified atom stereocenters. The third-order valence-electron chi connectivity index (χ3n) is 3.34. The van der Waals surface area contributed by atoms with Gasteiger partial charge in [0.05, 0.1) is 29.7 Å². The predicted molar refractivity (Wildman–Crippen MR) is 79.3 cm³/mol. The molecule has 1 atom stereocenters. The average molecular weight is 289 g/mol. The number of aliphatic hydroxyl groups is 2. The van der Waals surface area contributed by atoms with Gasteiger partial charge in [0, 0.05) is 6.42 Å². The van der Waals surface area contributed by atoms with E-state index in [1.165, 1.54) is 17.8 Å². The molecule has 0 aliphatic carbocycles. The highest BCUT2D eigenvalue weighted by Crippen LogP contribution is 2.20. The van der Waals surface area contributed by atoms with E-state index in [1.54, 1.807) is 0 Å². The topological polar surface area (TPSA) is 101 Å². The number of aromatic nitrogens is 2. The van der Waals surface area contributed by atoms with Crippen molar-refractivity contribution in [2.24, 2.45) is 0 Å². The van der Waals surface area contributed by atoms with Crippen molar-refractivity contribution < 1.29 is 15.0 Å². The number of anilines is 1. The van der Waals surface area contributed by atoms with Gasteiger partial charge in [-0.15, -0.1) is 0 Å². The number of para-hydroxylation sites is 1. The van der Waals surface area contributed by atoms with E-state index in [1.807, 2.05) is 30.3 Å². The smallest absolute Gasteiger partial charge is 0.168 e. The number of carbonyl (C=O) groups is 1. The van der Waals surface area contributed by atoms with Crippen LogP contribution in [0.1, 0.15) is 30.1 Å². The average Bonchev–Trinajstić information content (AvgIpc) is 2.87. The third kappa shape index (κ3) is 3.48. The van der Waals surface area contributed by atoms with Crippen molar-refractivity contribution in [1.82, 2.24) is 9.78 Å². The van der Waals surface area contributed by atoms with Crippen molar-refractivity contribution in [3.8, 4) is 5.69 Å². The summed E-state index contributed by atoms with van der Waals surface area (Å²) in [5, 5.41) is 22.8. The van der Waals surface area contributed by atoms with Gasteiger partial charge in [-0.3, -0.25) is 4.79 Å². The molecule has 0 fully saturated rings. The maximum Gasteiger partial charge on any atom is 0.168 e. The highest BCUT2D eigenvalue weighted by atomic mass is 16.3. The van der Waals surface area contributed by atoms with E-state index < -0.39 is 5.60 Å². The third-order valence-corrected chi connectivity index (χ3v) is 3.34. The van der Waals surface area contributed by atoms with Gasteiger partial charge < -0.3 is 15.9 Å². The van der Waals surface area contributed by atoms with Gasteiger partial charge in [-0.05, 0) is 25.5 Å². The van der Waals surface area contributed by atoms with Crippen molar-refractivity contribution in [2.75, 3.05) is 12.3 Å². The quantitative estimate of drug-likeness (QED) is 0.693. The lowest BCUT2D eigenvalue weighted by atomic mass is 9.98. The SMILES string of the molecule is CC(O)(CO)CCC(=O)c1cnn(-c2ccccc2)c1N. The number of nitrogen functional groups attached to an aromatic ring is 1. The van der Waals surface area contributed by atoms with Crippen LogP contribution in [-0.2, 0) is 0 Å². The lowest BCUT2D eigenvalue weighted by Crippen LogP contribution is -2.29. The number of hydrogen-bond acceptors (Lipinski definition) is 5. The van der Waals surface area contributed by atoms with E-state index in [9.17, 15) is 9.90 Å². The number of hydrogen-bond donors (Lipinski definition) is 3. The summed E-state index contributed by atoms with van der Waals surface area (Å²) in [6, 6.07) is 9.28. The highest BCUT2D eigenvalue weighted by Gasteiger charge is 2.23. The Morgan fingerprint density at radius 2 is 2.05 bits per heavy atom. The highest BCUT2D eigenvalue weighted by molar-refractivity contribution is 6.00. The Morgan fingerprint density at radius 1 is 1.38 bits per heavy atom. The van der Waals surface area contributed by atoms with E-state index in [-0.39, 0.29) is 31.0 Å². The summed E-state index contributed by atoms with van der Waals surface area (Å²) in [5.74, 6) is 0.0678. The first kappa shape index (κ1) is 15.2. The fourth-order valence-corrected chi connectivity index (χ4v) is 1.94. The Bertz CT molecular complexity index is 620. The fraction of sp³-hybridized carbons (Fsp3) is 0.333. The van der Waals surface area contributed by atoms with Crippen LogP contribution >= 0.6 is 0 Å². The first-order valence-electron chi connectivity index (χ1n) is 6.70. The van der Waals surface area contributed by atoms with Gasteiger partial charge in [-0.1, -0.05) is 18.2 Å². The maximum atomic E-state index is 12.1. The molecular weight excluding hydrogens is 270 g/mol. The van der Waals surface area contributed by atoms with Crippen molar-refractivity contribution in [3.05, 3.63) is 42.1 Å². The molecule has 1 aromatic carbocycles. The number of nitrogens with two attached hydrogens (primary N) is 1. The summed E-state index contributed by atoms with van der Waals surface area (Å²) in [6.45, 7) is 1.09. The van der Waals surface area contributed by atoms with Crippen LogP contribution in [0.15, 0.2) is 36.5 Å². The standard InChI is InChI=1S/C15H19N3O3/c1-15(21,10-19)8-7-13(20)12-9-17-18(14(12)16)11-5-3-2-4-6-11/h2-6,9,19,21H,7-8,10,16H2,1H3. The van der Waals surface area contributed by atoms with E-state index in [4.69, 9.17) is 10.8 Å². The van der Waals surface area contributed by atoms with Gasteiger partial charge in [0.15, 0.2) is 5.78 Å². The van der Waals surface area contributed by atoms with Gasteiger partial charge >= 0.3 is 0 Å². The molecule has 6 heteroatoms. The van der Waals surface area contributed by atoms with Crippen LogP contribution in [0.5, 0.6) is 0 Å². The number of nitrogens with zero attached hydrogens (tertiary/aromatic N) is 2. The zero-order valence-electron chi connectivity index (χ0n) is 11.9. The molecule has 0 spiro atoms. The molecule has 0 aliphatic rings. The summed E-state index contributed by atoms with van der Waals surface area (Å²) >= 11 is 0. The molecular formula is C15H19N3O3. The molecule has 6 nitrogen and oxygen atoms in total. The molecule has 0 amide bonds. The minimum absolute atomic E-state index is 0.0955. The zero-order chi connectivity index (χ0) is 15.5. The second kappa shape index (κ2) is 6.07. The Kier molecular flexibility index (Phi) is 4.40. The molecule has 2 rings (SSSR count). The molecule has 0 aliphatic heterocycles. The molecule has 0 saturated heterocycles. The molecule has 4 N–H and O–H groups in total. The molecule has 0 radical (unpaired) electrons. The normalized spacial score (nSPS) is 13.9. The molecule has 21 heavy (non-hydrogen) atoms. The van der Waals surface area contributed by atoms with Gasteiger partial charge in [0.25, 0.3) is 0 Å². The monoisotopic (exact) mass is 289 g/mol. The van der Waals surface area contributed by atoms with Crippen molar-refractivity contribution in [2.45, 2.75) is 25.4 Å². The second-order valence-electron chi connectivity index (χ2n) is 5.27. The summed E-state index contributed by atoms with van der Waals surface area (Å²) in [5.41, 5.74) is 5.81. The van der Waals surface area contributed by atoms with Gasteiger partial charge in [0.2, 0.25) is 0 Å². The van der Waals surface area contributed by atoms with Gasteiger partial charge in [-0.2, -0.15) is 5.10 Å². The lowest BCUT2D eigenvalue weighted by Gasteiger charge is -2.19. The second-order valence-corrected chi connectivity index (χ2v) is 5.27. The van der Waals surface area contributed by atoms with Gasteiger partial charge in [0.1, 0.15) is 5.82 Å². The summed E-state index contributed by atoms with van der Waals surface area (Å²) < 4.78 is 1.50. The lowest BCUT2D eigenvalue weighted by molar-refractivity contribution is -0.00567. The Labute approximate surface area is 122 Å². The van der Waals surface area contributed by atoms with E-state index in [0.29, 0.717) is 5.56 Å². The summed E-state index contributed by atoms with van der Waals surface area (Å²) in [4.78, 5) is 12.1. The Hall–Kier alpha value is -2.18. The van der Waals surface area contributed by atoms with Crippen LogP contribution in [0.25, 0.3) is 5.69 Å². The minimum atomic E-state index is -1.26. The largest absolute Gasteiger partial charge is 0.393 e. The van der Waals surface area contributed by atoms with Gasteiger partial charge in [-0.25, -0.2) is 4.68 Å². The van der Waals surface area contributed by atoms with E-state index in [0.717, 1.165) is 5.69 Å². The molecule has 1 aromatic heterocycles. The van der Waals surface area contributed by atoms with E-state index in [2.05, 4.69) is 5.10 Å².